The van der Waals surface area contributed by atoms with E-state index in [0.717, 1.165) is 35.8 Å². The SMILES string of the molecule is CC(=O)Oc1ccc(Br)c2c1C13CCN(C)C(C2)C1CCC(=O)C3. The maximum atomic E-state index is 12.4. The van der Waals surface area contributed by atoms with Gasteiger partial charge in [-0.15, -0.1) is 0 Å². The first-order chi connectivity index (χ1) is 11.4. The number of fused-ring (bicyclic) bond motifs is 1. The van der Waals surface area contributed by atoms with Crippen molar-refractivity contribution in [2.24, 2.45) is 5.92 Å². The van der Waals surface area contributed by atoms with Crippen LogP contribution in [0.3, 0.4) is 0 Å². The maximum absolute atomic E-state index is 12.4. The van der Waals surface area contributed by atoms with E-state index in [-0.39, 0.29) is 11.4 Å². The molecular weight excluding hydrogens is 370 g/mol. The third kappa shape index (κ3) is 2.28. The Morgan fingerprint density at radius 1 is 1.42 bits per heavy atom. The highest BCUT2D eigenvalue weighted by Crippen LogP contribution is 2.58. The van der Waals surface area contributed by atoms with Gasteiger partial charge in [0.25, 0.3) is 0 Å². The van der Waals surface area contributed by atoms with Crippen LogP contribution in [0.4, 0.5) is 0 Å². The first-order valence-electron chi connectivity index (χ1n) is 8.64. The summed E-state index contributed by atoms with van der Waals surface area (Å²) in [5, 5.41) is 0. The summed E-state index contributed by atoms with van der Waals surface area (Å²) >= 11 is 3.70. The van der Waals surface area contributed by atoms with E-state index in [2.05, 4.69) is 27.9 Å². The van der Waals surface area contributed by atoms with Crippen molar-refractivity contribution in [3.8, 4) is 5.75 Å². The Balaban J connectivity index is 1.95. The van der Waals surface area contributed by atoms with Gasteiger partial charge in [0.1, 0.15) is 11.5 Å². The topological polar surface area (TPSA) is 46.6 Å². The van der Waals surface area contributed by atoms with Crippen LogP contribution in [0.15, 0.2) is 16.6 Å². The third-order valence-electron chi connectivity index (χ3n) is 6.28. The molecule has 0 aromatic heterocycles. The number of ketones is 1. The molecule has 0 radical (unpaired) electrons. The molecule has 2 fully saturated rings. The van der Waals surface area contributed by atoms with Gasteiger partial charge in [-0.3, -0.25) is 9.59 Å². The molecule has 24 heavy (non-hydrogen) atoms. The van der Waals surface area contributed by atoms with Crippen LogP contribution in [0.25, 0.3) is 0 Å². The Morgan fingerprint density at radius 3 is 2.96 bits per heavy atom. The molecule has 1 aromatic carbocycles. The molecule has 1 aromatic rings. The lowest BCUT2D eigenvalue weighted by atomic mass is 9.52. The molecule has 128 valence electrons. The number of piperidine rings is 1. The van der Waals surface area contributed by atoms with Gasteiger partial charge in [-0.2, -0.15) is 0 Å². The van der Waals surface area contributed by atoms with Crippen molar-refractivity contribution >= 4 is 27.7 Å². The summed E-state index contributed by atoms with van der Waals surface area (Å²) in [6.07, 6.45) is 4.11. The second-order valence-corrected chi connectivity index (χ2v) is 8.37. The van der Waals surface area contributed by atoms with E-state index in [0.29, 0.717) is 36.3 Å². The molecule has 3 atom stereocenters. The first-order valence-corrected chi connectivity index (χ1v) is 9.44. The molecule has 3 aliphatic rings. The van der Waals surface area contributed by atoms with Gasteiger partial charge in [0, 0.05) is 41.3 Å². The molecular formula is C19H22BrNO3. The molecule has 5 heteroatoms. The number of hydrogen-bond donors (Lipinski definition) is 0. The zero-order valence-corrected chi connectivity index (χ0v) is 15.7. The molecule has 0 N–H and O–H groups in total. The lowest BCUT2D eigenvalue weighted by Crippen LogP contribution is -2.61. The number of rotatable bonds is 1. The first kappa shape index (κ1) is 16.3. The number of benzene rings is 1. The van der Waals surface area contributed by atoms with Gasteiger partial charge in [0.15, 0.2) is 0 Å². The minimum atomic E-state index is -0.301. The van der Waals surface area contributed by atoms with E-state index in [9.17, 15) is 9.59 Å². The number of nitrogens with zero attached hydrogens (tertiary/aromatic N) is 1. The number of ether oxygens (including phenoxy) is 1. The lowest BCUT2D eigenvalue weighted by Gasteiger charge is -2.58. The van der Waals surface area contributed by atoms with E-state index in [4.69, 9.17) is 4.74 Å². The van der Waals surface area contributed by atoms with E-state index in [1.807, 2.05) is 12.1 Å². The quantitative estimate of drug-likeness (QED) is 0.544. The van der Waals surface area contributed by atoms with Gasteiger partial charge in [-0.05, 0) is 56.5 Å². The minimum Gasteiger partial charge on any atom is -0.426 e. The average Bonchev–Trinajstić information content (AvgIpc) is 2.52. The largest absolute Gasteiger partial charge is 0.426 e. The normalized spacial score (nSPS) is 32.0. The van der Waals surface area contributed by atoms with Crippen molar-refractivity contribution in [3.63, 3.8) is 0 Å². The van der Waals surface area contributed by atoms with Gasteiger partial charge in [0.2, 0.25) is 0 Å². The lowest BCUT2D eigenvalue weighted by molar-refractivity contribution is -0.132. The molecule has 1 heterocycles. The van der Waals surface area contributed by atoms with E-state index < -0.39 is 0 Å². The van der Waals surface area contributed by atoms with Crippen molar-refractivity contribution in [2.75, 3.05) is 13.6 Å². The van der Waals surface area contributed by atoms with Crippen molar-refractivity contribution < 1.29 is 14.3 Å². The highest BCUT2D eigenvalue weighted by molar-refractivity contribution is 9.10. The predicted molar refractivity (Wildman–Crippen MR) is 94.2 cm³/mol. The van der Waals surface area contributed by atoms with Gasteiger partial charge in [0.05, 0.1) is 0 Å². The zero-order valence-electron chi connectivity index (χ0n) is 14.1. The van der Waals surface area contributed by atoms with Crippen LogP contribution in [0.1, 0.15) is 43.7 Å². The van der Waals surface area contributed by atoms with Gasteiger partial charge in [-0.25, -0.2) is 0 Å². The summed E-state index contributed by atoms with van der Waals surface area (Å²) in [6, 6.07) is 4.31. The molecule has 2 bridgehead atoms. The van der Waals surface area contributed by atoms with E-state index >= 15 is 0 Å². The highest BCUT2D eigenvalue weighted by Gasteiger charge is 2.56. The van der Waals surface area contributed by atoms with Crippen LogP contribution < -0.4 is 4.74 Å². The van der Waals surface area contributed by atoms with Crippen LogP contribution in [0, 0.1) is 5.92 Å². The molecule has 1 saturated carbocycles. The molecule has 0 amide bonds. The Labute approximate surface area is 150 Å². The maximum Gasteiger partial charge on any atom is 0.308 e. The van der Waals surface area contributed by atoms with Crippen LogP contribution in [0.5, 0.6) is 5.75 Å². The zero-order chi connectivity index (χ0) is 17.1. The predicted octanol–water partition coefficient (Wildman–Crippen LogP) is 3.24. The summed E-state index contributed by atoms with van der Waals surface area (Å²) in [6.45, 7) is 2.43. The summed E-state index contributed by atoms with van der Waals surface area (Å²) in [5.74, 6) is 1.16. The average molecular weight is 392 g/mol. The Bertz CT molecular complexity index is 732. The van der Waals surface area contributed by atoms with Crippen molar-refractivity contribution in [1.29, 1.82) is 0 Å². The molecule has 1 aliphatic heterocycles. The molecule has 2 aliphatic carbocycles. The number of carbonyl (C=O) groups excluding carboxylic acids is 2. The Kier molecular flexibility index (Phi) is 3.84. The number of esters is 1. The fourth-order valence-corrected chi connectivity index (χ4v) is 5.83. The second-order valence-electron chi connectivity index (χ2n) is 7.51. The standard InChI is InChI=1S/C19H22BrNO3/c1-11(22)24-17-6-5-15(20)13-9-16-14-4-3-12(23)10-19(14,18(13)17)7-8-21(16)2/h5-6,14,16H,3-4,7-10H2,1-2H3. The van der Waals surface area contributed by atoms with Crippen LogP contribution in [0.2, 0.25) is 0 Å². The molecule has 3 unspecified atom stereocenters. The number of hydrogen-bond acceptors (Lipinski definition) is 4. The number of Topliss-reactive ketones (excluding diaryl/α,β-unsaturated/α-hetero) is 1. The summed E-state index contributed by atoms with van der Waals surface area (Å²) in [5.41, 5.74) is 2.17. The second kappa shape index (κ2) is 5.67. The van der Waals surface area contributed by atoms with Gasteiger partial charge < -0.3 is 9.64 Å². The van der Waals surface area contributed by atoms with Crippen LogP contribution in [-0.4, -0.2) is 36.3 Å². The molecule has 1 saturated heterocycles. The van der Waals surface area contributed by atoms with Crippen molar-refractivity contribution in [1.82, 2.24) is 4.90 Å². The number of likely N-dealkylation sites (tertiary alicyclic amines) is 1. The van der Waals surface area contributed by atoms with E-state index in [1.54, 1.807) is 0 Å². The molecule has 4 nitrogen and oxygen atoms in total. The monoisotopic (exact) mass is 391 g/mol. The number of carbonyl (C=O) groups is 2. The fraction of sp³-hybridized carbons (Fsp3) is 0.579. The minimum absolute atomic E-state index is 0.172. The van der Waals surface area contributed by atoms with E-state index in [1.165, 1.54) is 12.5 Å². The fourth-order valence-electron chi connectivity index (χ4n) is 5.34. The third-order valence-corrected chi connectivity index (χ3v) is 7.02. The smallest absolute Gasteiger partial charge is 0.308 e. The van der Waals surface area contributed by atoms with Crippen molar-refractivity contribution in [3.05, 3.63) is 27.7 Å². The highest BCUT2D eigenvalue weighted by atomic mass is 79.9. The van der Waals surface area contributed by atoms with Crippen LogP contribution >= 0.6 is 15.9 Å². The summed E-state index contributed by atoms with van der Waals surface area (Å²) in [7, 11) is 2.19. The van der Waals surface area contributed by atoms with Gasteiger partial charge in [-0.1, -0.05) is 15.9 Å². The van der Waals surface area contributed by atoms with Crippen molar-refractivity contribution in [2.45, 2.75) is 50.5 Å². The Hall–Kier alpha value is -1.20. The van der Waals surface area contributed by atoms with Gasteiger partial charge >= 0.3 is 5.97 Å². The summed E-state index contributed by atoms with van der Waals surface area (Å²) < 4.78 is 6.64. The number of halogens is 1. The Morgan fingerprint density at radius 2 is 2.21 bits per heavy atom. The number of likely N-dealkylation sites (N-methyl/N-ethyl adjacent to an activating group) is 1. The molecule has 4 rings (SSSR count). The molecule has 0 spiro atoms. The van der Waals surface area contributed by atoms with Crippen LogP contribution in [-0.2, 0) is 21.4 Å². The summed E-state index contributed by atoms with van der Waals surface area (Å²) in [4.78, 5) is 26.5.